The molecule has 0 aromatic heterocycles. The van der Waals surface area contributed by atoms with E-state index in [9.17, 15) is 9.59 Å². The van der Waals surface area contributed by atoms with E-state index >= 15 is 0 Å². The summed E-state index contributed by atoms with van der Waals surface area (Å²) >= 11 is 5.92. The molecule has 0 aliphatic heterocycles. The Labute approximate surface area is 117 Å². The van der Waals surface area contributed by atoms with E-state index in [0.29, 0.717) is 17.0 Å². The summed E-state index contributed by atoms with van der Waals surface area (Å²) in [6.07, 6.45) is 3.75. The van der Waals surface area contributed by atoms with E-state index in [-0.39, 0.29) is 0 Å². The average molecular weight is 281 g/mol. The fourth-order valence-electron chi connectivity index (χ4n) is 1.63. The molecule has 0 saturated heterocycles. The van der Waals surface area contributed by atoms with E-state index < -0.39 is 17.9 Å². The molecule has 3 N–H and O–H groups in total. The van der Waals surface area contributed by atoms with Gasteiger partial charge in [-0.15, -0.1) is 6.58 Å². The van der Waals surface area contributed by atoms with Crippen molar-refractivity contribution in [2.45, 2.75) is 25.3 Å². The number of unbranched alkanes of at least 4 members (excludes halogenated alkanes) is 1. The Hall–Kier alpha value is -1.81. The zero-order chi connectivity index (χ0) is 14.3. The molecule has 102 valence electrons. The standard InChI is InChI=1S/C14H17ClN2O2/c1-2-3-4-9-12(13(16)18)17-14(19)10-7-5-6-8-11(10)15/h2,5-8,12H,1,3-4,9H2,(H2,16,18)(H,17,19)/t12-/m1/s1. The second-order valence-corrected chi connectivity index (χ2v) is 4.54. The van der Waals surface area contributed by atoms with Gasteiger partial charge in [-0.1, -0.05) is 29.8 Å². The predicted molar refractivity (Wildman–Crippen MR) is 75.9 cm³/mol. The highest BCUT2D eigenvalue weighted by Crippen LogP contribution is 2.15. The maximum absolute atomic E-state index is 12.0. The highest BCUT2D eigenvalue weighted by Gasteiger charge is 2.19. The van der Waals surface area contributed by atoms with Crippen LogP contribution in [0, 0.1) is 0 Å². The Morgan fingerprint density at radius 1 is 1.42 bits per heavy atom. The molecule has 0 fully saturated rings. The fraction of sp³-hybridized carbons (Fsp3) is 0.286. The van der Waals surface area contributed by atoms with E-state index in [0.717, 1.165) is 12.8 Å². The number of nitrogens with two attached hydrogens (primary N) is 1. The number of allylic oxidation sites excluding steroid dienone is 1. The highest BCUT2D eigenvalue weighted by molar-refractivity contribution is 6.33. The maximum Gasteiger partial charge on any atom is 0.253 e. The number of primary amides is 1. The monoisotopic (exact) mass is 280 g/mol. The summed E-state index contributed by atoms with van der Waals surface area (Å²) in [5.74, 6) is -0.947. The van der Waals surface area contributed by atoms with Gasteiger partial charge in [-0.25, -0.2) is 0 Å². The molecule has 1 rings (SSSR count). The van der Waals surface area contributed by atoms with Crippen LogP contribution in [0.25, 0.3) is 0 Å². The zero-order valence-electron chi connectivity index (χ0n) is 10.6. The molecular weight excluding hydrogens is 264 g/mol. The summed E-state index contributed by atoms with van der Waals surface area (Å²) in [5.41, 5.74) is 5.60. The van der Waals surface area contributed by atoms with Crippen molar-refractivity contribution in [3.05, 3.63) is 47.5 Å². The van der Waals surface area contributed by atoms with Crippen LogP contribution < -0.4 is 11.1 Å². The number of benzene rings is 1. The third-order valence-electron chi connectivity index (χ3n) is 2.67. The first-order valence-corrected chi connectivity index (χ1v) is 6.39. The largest absolute Gasteiger partial charge is 0.368 e. The first-order valence-electron chi connectivity index (χ1n) is 6.02. The first kappa shape index (κ1) is 15.2. The normalized spacial score (nSPS) is 11.6. The summed E-state index contributed by atoms with van der Waals surface area (Å²) in [4.78, 5) is 23.3. The Kier molecular flexibility index (Phi) is 6.09. The van der Waals surface area contributed by atoms with Crippen LogP contribution in [0.1, 0.15) is 29.6 Å². The second-order valence-electron chi connectivity index (χ2n) is 4.13. The molecule has 1 aromatic rings. The number of hydrogen-bond acceptors (Lipinski definition) is 2. The van der Waals surface area contributed by atoms with Crippen LogP contribution in [-0.2, 0) is 4.79 Å². The van der Waals surface area contributed by atoms with Crippen LogP contribution in [0.3, 0.4) is 0 Å². The number of rotatable bonds is 7. The summed E-state index contributed by atoms with van der Waals surface area (Å²) < 4.78 is 0. The molecule has 2 amide bonds. The first-order chi connectivity index (χ1) is 9.06. The molecule has 0 bridgehead atoms. The van der Waals surface area contributed by atoms with Gasteiger partial charge in [0.25, 0.3) is 5.91 Å². The van der Waals surface area contributed by atoms with Crippen molar-refractivity contribution < 1.29 is 9.59 Å². The second kappa shape index (κ2) is 7.59. The smallest absolute Gasteiger partial charge is 0.253 e. The lowest BCUT2D eigenvalue weighted by molar-refractivity contribution is -0.120. The molecule has 5 heteroatoms. The van der Waals surface area contributed by atoms with Crippen LogP contribution in [0.5, 0.6) is 0 Å². The lowest BCUT2D eigenvalue weighted by atomic mass is 10.1. The van der Waals surface area contributed by atoms with E-state index in [1.807, 2.05) is 0 Å². The lowest BCUT2D eigenvalue weighted by Gasteiger charge is -2.15. The van der Waals surface area contributed by atoms with Gasteiger partial charge in [0.2, 0.25) is 5.91 Å². The molecule has 0 heterocycles. The fourth-order valence-corrected chi connectivity index (χ4v) is 1.85. The maximum atomic E-state index is 12.0. The molecule has 1 atom stereocenters. The molecular formula is C14H17ClN2O2. The third-order valence-corrected chi connectivity index (χ3v) is 3.00. The number of nitrogens with one attached hydrogen (secondary N) is 1. The summed E-state index contributed by atoms with van der Waals surface area (Å²) in [6.45, 7) is 3.60. The Balaban J connectivity index is 2.69. The third kappa shape index (κ3) is 4.75. The minimum Gasteiger partial charge on any atom is -0.368 e. The zero-order valence-corrected chi connectivity index (χ0v) is 11.3. The summed E-state index contributed by atoms with van der Waals surface area (Å²) in [6, 6.07) is 5.96. The van der Waals surface area contributed by atoms with E-state index in [1.54, 1.807) is 30.3 Å². The number of carbonyl (C=O) groups is 2. The van der Waals surface area contributed by atoms with Gasteiger partial charge in [0.15, 0.2) is 0 Å². The molecule has 19 heavy (non-hydrogen) atoms. The Bertz CT molecular complexity index is 474. The Morgan fingerprint density at radius 2 is 2.11 bits per heavy atom. The molecule has 1 aromatic carbocycles. The van der Waals surface area contributed by atoms with Gasteiger partial charge in [0.05, 0.1) is 10.6 Å². The van der Waals surface area contributed by atoms with Crippen LogP contribution >= 0.6 is 11.6 Å². The molecule has 0 saturated carbocycles. The number of hydrogen-bond donors (Lipinski definition) is 2. The van der Waals surface area contributed by atoms with Gasteiger partial charge < -0.3 is 11.1 Å². The minimum atomic E-state index is -0.691. The number of halogens is 1. The van der Waals surface area contributed by atoms with E-state index in [4.69, 9.17) is 17.3 Å². The van der Waals surface area contributed by atoms with Gasteiger partial charge in [-0.3, -0.25) is 9.59 Å². The van der Waals surface area contributed by atoms with Gasteiger partial charge >= 0.3 is 0 Å². The number of carbonyl (C=O) groups excluding carboxylic acids is 2. The van der Waals surface area contributed by atoms with Crippen LogP contribution in [0.2, 0.25) is 5.02 Å². The molecule has 0 aliphatic carbocycles. The van der Waals surface area contributed by atoms with Crippen molar-refractivity contribution in [1.29, 1.82) is 0 Å². The van der Waals surface area contributed by atoms with Crippen LogP contribution in [0.4, 0.5) is 0 Å². The quantitative estimate of drug-likeness (QED) is 0.594. The minimum absolute atomic E-state index is 0.333. The molecule has 0 spiro atoms. The van der Waals surface area contributed by atoms with Crippen molar-refractivity contribution in [3.63, 3.8) is 0 Å². The lowest BCUT2D eigenvalue weighted by Crippen LogP contribution is -2.44. The van der Waals surface area contributed by atoms with Crippen molar-refractivity contribution in [1.82, 2.24) is 5.32 Å². The van der Waals surface area contributed by atoms with Crippen molar-refractivity contribution in [2.75, 3.05) is 0 Å². The molecule has 0 aliphatic rings. The van der Waals surface area contributed by atoms with Crippen molar-refractivity contribution >= 4 is 23.4 Å². The average Bonchev–Trinajstić information content (AvgIpc) is 2.38. The van der Waals surface area contributed by atoms with Crippen LogP contribution in [0.15, 0.2) is 36.9 Å². The molecule has 4 nitrogen and oxygen atoms in total. The highest BCUT2D eigenvalue weighted by atomic mass is 35.5. The van der Waals surface area contributed by atoms with Crippen LogP contribution in [-0.4, -0.2) is 17.9 Å². The van der Waals surface area contributed by atoms with Gasteiger partial charge in [0, 0.05) is 0 Å². The molecule has 0 radical (unpaired) electrons. The summed E-state index contributed by atoms with van der Waals surface area (Å²) in [5, 5.41) is 2.94. The van der Waals surface area contributed by atoms with Gasteiger partial charge in [-0.2, -0.15) is 0 Å². The molecule has 0 unspecified atom stereocenters. The van der Waals surface area contributed by atoms with E-state index in [1.165, 1.54) is 0 Å². The van der Waals surface area contributed by atoms with Gasteiger partial charge in [0.1, 0.15) is 6.04 Å². The topological polar surface area (TPSA) is 72.2 Å². The number of amides is 2. The van der Waals surface area contributed by atoms with Gasteiger partial charge in [-0.05, 0) is 31.4 Å². The van der Waals surface area contributed by atoms with Crippen molar-refractivity contribution in [2.24, 2.45) is 5.73 Å². The van der Waals surface area contributed by atoms with E-state index in [2.05, 4.69) is 11.9 Å². The predicted octanol–water partition coefficient (Wildman–Crippen LogP) is 2.28. The Morgan fingerprint density at radius 3 is 2.68 bits per heavy atom. The summed E-state index contributed by atoms with van der Waals surface area (Å²) in [7, 11) is 0. The van der Waals surface area contributed by atoms with Crippen molar-refractivity contribution in [3.8, 4) is 0 Å². The SMILES string of the molecule is C=CCCC[C@@H](NC(=O)c1ccccc1Cl)C(N)=O.